The number of rotatable bonds is 5. The molecular formula is C52H35NO. The van der Waals surface area contributed by atoms with Crippen LogP contribution in [0.25, 0.3) is 44.2 Å². The third-order valence-electron chi connectivity index (χ3n) is 12.0. The molecule has 0 aliphatic heterocycles. The minimum absolute atomic E-state index is 0.139. The van der Waals surface area contributed by atoms with Gasteiger partial charge in [-0.25, -0.2) is 0 Å². The summed E-state index contributed by atoms with van der Waals surface area (Å²) in [6.07, 6.45) is 0. The normalized spacial score (nSPS) is 14.3. The van der Waals surface area contributed by atoms with Gasteiger partial charge in [-0.1, -0.05) is 166 Å². The first-order chi connectivity index (χ1) is 26.6. The van der Waals surface area contributed by atoms with Crippen molar-refractivity contribution in [1.82, 2.24) is 0 Å². The lowest BCUT2D eigenvalue weighted by atomic mass is 9.67. The molecule has 0 spiro atoms. The summed E-state index contributed by atoms with van der Waals surface area (Å²) >= 11 is 0. The summed E-state index contributed by atoms with van der Waals surface area (Å²) in [5.74, 6) is 0. The number of hydrogen-bond donors (Lipinski definition) is 0. The molecule has 1 heterocycles. The highest BCUT2D eigenvalue weighted by molar-refractivity contribution is 6.15. The maximum atomic E-state index is 7.14. The topological polar surface area (TPSA) is 16.4 Å². The predicted molar refractivity (Wildman–Crippen MR) is 221 cm³/mol. The Bertz CT molecular complexity index is 2870. The van der Waals surface area contributed by atoms with Crippen molar-refractivity contribution in [2.24, 2.45) is 0 Å². The molecule has 9 aromatic rings. The Kier molecular flexibility index (Phi) is 6.46. The fourth-order valence-corrected chi connectivity index (χ4v) is 9.74. The SMILES string of the molecule is CC1(C)c2ccccc2-c2c(N(c3ccccc3)c3ccc(C4(c5ccccc5)c5ccccc5-c5ccccc54)c4oc5ccc#cc5c34)cccc21. The van der Waals surface area contributed by atoms with Crippen molar-refractivity contribution in [3.05, 3.63) is 221 Å². The number of benzene rings is 7. The van der Waals surface area contributed by atoms with E-state index >= 15 is 0 Å². The molecule has 0 amide bonds. The van der Waals surface area contributed by atoms with Gasteiger partial charge in [-0.05, 0) is 80.9 Å². The third kappa shape index (κ3) is 4.02. The quantitative estimate of drug-likeness (QED) is 0.179. The summed E-state index contributed by atoms with van der Waals surface area (Å²) in [5, 5.41) is 1.94. The zero-order valence-corrected chi connectivity index (χ0v) is 30.1. The van der Waals surface area contributed by atoms with Gasteiger partial charge in [0.15, 0.2) is 0 Å². The smallest absolute Gasteiger partial charge is 0.144 e. The van der Waals surface area contributed by atoms with E-state index in [1.165, 1.54) is 50.1 Å². The van der Waals surface area contributed by atoms with Crippen LogP contribution in [0.1, 0.15) is 47.2 Å². The number of para-hydroxylation sites is 1. The molecule has 0 saturated heterocycles. The van der Waals surface area contributed by atoms with Crippen molar-refractivity contribution in [2.45, 2.75) is 24.7 Å². The summed E-state index contributed by atoms with van der Waals surface area (Å²) in [6.45, 7) is 4.69. The molecule has 2 heteroatoms. The van der Waals surface area contributed by atoms with E-state index in [4.69, 9.17) is 4.42 Å². The van der Waals surface area contributed by atoms with E-state index in [0.29, 0.717) is 0 Å². The first-order valence-electron chi connectivity index (χ1n) is 18.7. The van der Waals surface area contributed by atoms with E-state index in [0.717, 1.165) is 44.6 Å². The van der Waals surface area contributed by atoms with Crippen molar-refractivity contribution >= 4 is 39.0 Å². The maximum Gasteiger partial charge on any atom is 0.144 e. The number of furan rings is 1. The molecule has 0 saturated carbocycles. The van der Waals surface area contributed by atoms with E-state index in [9.17, 15) is 0 Å². The Morgan fingerprint density at radius 3 is 1.83 bits per heavy atom. The van der Waals surface area contributed by atoms with Crippen molar-refractivity contribution in [2.75, 3.05) is 4.90 Å². The predicted octanol–water partition coefficient (Wildman–Crippen LogP) is 13.3. The van der Waals surface area contributed by atoms with Gasteiger partial charge in [0.2, 0.25) is 0 Å². The van der Waals surface area contributed by atoms with Crippen molar-refractivity contribution in [3.63, 3.8) is 0 Å². The van der Waals surface area contributed by atoms with Gasteiger partial charge in [-0.2, -0.15) is 0 Å². The number of fused-ring (bicyclic) bond motifs is 9. The molecule has 2 nitrogen and oxygen atoms in total. The average molecular weight is 690 g/mol. The molecule has 0 radical (unpaired) electrons. The van der Waals surface area contributed by atoms with Crippen LogP contribution in [-0.2, 0) is 10.8 Å². The van der Waals surface area contributed by atoms with Crippen LogP contribution in [0.5, 0.6) is 0 Å². The van der Waals surface area contributed by atoms with Crippen LogP contribution in [-0.4, -0.2) is 0 Å². The van der Waals surface area contributed by atoms with E-state index < -0.39 is 5.41 Å². The highest BCUT2D eigenvalue weighted by Crippen LogP contribution is 2.60. The summed E-state index contributed by atoms with van der Waals surface area (Å²) in [7, 11) is 0. The van der Waals surface area contributed by atoms with E-state index in [1.54, 1.807) is 0 Å². The van der Waals surface area contributed by atoms with Crippen LogP contribution in [0.2, 0.25) is 0 Å². The molecule has 0 unspecified atom stereocenters. The number of hydrogen-bond acceptors (Lipinski definition) is 2. The molecule has 0 bridgehead atoms. The lowest BCUT2D eigenvalue weighted by molar-refractivity contribution is 0.648. The second-order valence-electron chi connectivity index (χ2n) is 15.0. The third-order valence-corrected chi connectivity index (χ3v) is 12.0. The minimum Gasteiger partial charge on any atom is -0.455 e. The Hall–Kier alpha value is -6.82. The summed E-state index contributed by atoms with van der Waals surface area (Å²) in [4.78, 5) is 2.44. The Morgan fingerprint density at radius 2 is 1.11 bits per heavy atom. The molecule has 2 aliphatic rings. The van der Waals surface area contributed by atoms with Gasteiger partial charge < -0.3 is 9.32 Å². The molecule has 0 fully saturated rings. The molecule has 2 aliphatic carbocycles. The van der Waals surface area contributed by atoms with Crippen LogP contribution in [0.15, 0.2) is 180 Å². The Morgan fingerprint density at radius 1 is 0.500 bits per heavy atom. The lowest BCUT2D eigenvalue weighted by Gasteiger charge is -2.35. The second kappa shape index (κ2) is 11.3. The zero-order chi connectivity index (χ0) is 36.0. The van der Waals surface area contributed by atoms with Crippen LogP contribution < -0.4 is 4.90 Å². The van der Waals surface area contributed by atoms with Gasteiger partial charge in [0.1, 0.15) is 11.2 Å². The molecule has 254 valence electrons. The number of anilines is 3. The standard InChI is InChI=1S/C52H35NO/c1-51(2)40-26-13-11-24-38(40)48-43(51)29-17-30-45(48)53(35-20-7-4-8-21-35)46-33-32-44(50-49(46)39-25-12-16-31-47(39)54-50)52(34-18-5-3-6-19-34)41-27-14-9-22-36(41)37-23-10-15-28-42(37)52/h3-11,13-24,26-33H,1-2H3. The molecule has 8 aromatic carbocycles. The minimum atomic E-state index is -0.628. The van der Waals surface area contributed by atoms with Gasteiger partial charge in [0.25, 0.3) is 0 Å². The van der Waals surface area contributed by atoms with Crippen LogP contribution >= 0.6 is 0 Å². The van der Waals surface area contributed by atoms with E-state index in [2.05, 4.69) is 195 Å². The van der Waals surface area contributed by atoms with E-state index in [-0.39, 0.29) is 5.41 Å². The molecule has 1 aromatic heterocycles. The first-order valence-corrected chi connectivity index (χ1v) is 18.7. The van der Waals surface area contributed by atoms with Crippen LogP contribution in [0.4, 0.5) is 17.1 Å². The summed E-state index contributed by atoms with van der Waals surface area (Å²) < 4.78 is 7.14. The lowest BCUT2D eigenvalue weighted by Crippen LogP contribution is -2.29. The van der Waals surface area contributed by atoms with Gasteiger partial charge in [-0.15, -0.1) is 0 Å². The van der Waals surface area contributed by atoms with E-state index in [1.807, 2.05) is 12.1 Å². The number of nitrogens with zero attached hydrogens (tertiary/aromatic N) is 1. The van der Waals surface area contributed by atoms with Crippen LogP contribution in [0, 0.1) is 12.1 Å². The largest absolute Gasteiger partial charge is 0.455 e. The maximum absolute atomic E-state index is 7.14. The van der Waals surface area contributed by atoms with Crippen molar-refractivity contribution < 1.29 is 4.42 Å². The zero-order valence-electron chi connectivity index (χ0n) is 30.1. The molecular weight excluding hydrogens is 655 g/mol. The van der Waals surface area contributed by atoms with Crippen molar-refractivity contribution in [1.29, 1.82) is 0 Å². The summed E-state index contributed by atoms with van der Waals surface area (Å²) in [5.41, 5.74) is 16.6. The van der Waals surface area contributed by atoms with Gasteiger partial charge in [0.05, 0.1) is 27.6 Å². The highest BCUT2D eigenvalue weighted by Gasteiger charge is 2.48. The molecule has 11 rings (SSSR count). The highest BCUT2D eigenvalue weighted by atomic mass is 16.3. The monoisotopic (exact) mass is 689 g/mol. The molecule has 54 heavy (non-hydrogen) atoms. The van der Waals surface area contributed by atoms with Gasteiger partial charge in [0, 0.05) is 22.2 Å². The average Bonchev–Trinajstić information content (AvgIpc) is 3.84. The Labute approximate surface area is 315 Å². The fraction of sp³-hybridized carbons (Fsp3) is 0.0769. The van der Waals surface area contributed by atoms with Crippen molar-refractivity contribution in [3.8, 4) is 22.3 Å². The fourth-order valence-electron chi connectivity index (χ4n) is 9.74. The molecule has 0 N–H and O–H groups in total. The van der Waals surface area contributed by atoms with Gasteiger partial charge >= 0.3 is 0 Å². The molecule has 0 atom stereocenters. The first kappa shape index (κ1) is 30.8. The Balaban J connectivity index is 1.28. The second-order valence-corrected chi connectivity index (χ2v) is 15.0. The van der Waals surface area contributed by atoms with Crippen LogP contribution in [0.3, 0.4) is 0 Å². The van der Waals surface area contributed by atoms with Gasteiger partial charge in [-0.3, -0.25) is 0 Å². The summed E-state index contributed by atoms with van der Waals surface area (Å²) in [6, 6.07) is 70.5.